The number of para-hydroxylation sites is 1. The minimum absolute atomic E-state index is 0.729. The first-order valence-corrected chi connectivity index (χ1v) is 8.05. The molecule has 0 atom stereocenters. The predicted octanol–water partition coefficient (Wildman–Crippen LogP) is 5.00. The summed E-state index contributed by atoms with van der Waals surface area (Å²) in [5.74, 6) is 0.766. The first-order chi connectivity index (χ1) is 11.4. The highest BCUT2D eigenvalue weighted by molar-refractivity contribution is 7.14. The molecule has 4 nitrogen and oxygen atoms in total. The van der Waals surface area contributed by atoms with Crippen molar-refractivity contribution in [2.75, 3.05) is 5.43 Å². The second-order valence-electron chi connectivity index (χ2n) is 4.97. The maximum absolute atomic E-state index is 5.82. The standard InChI is InChI=1S/C18H13N3OS/c1-2-6-13(7-3-1)11-19-21-18-20-15(12-23-18)17-10-14-8-4-5-9-16(14)22-17/h1-12H,(H,20,21)/b19-11+. The summed E-state index contributed by atoms with van der Waals surface area (Å²) in [6.07, 6.45) is 1.77. The van der Waals surface area contributed by atoms with E-state index < -0.39 is 0 Å². The zero-order valence-electron chi connectivity index (χ0n) is 12.1. The molecule has 112 valence electrons. The zero-order valence-corrected chi connectivity index (χ0v) is 13.0. The van der Waals surface area contributed by atoms with E-state index in [9.17, 15) is 0 Å². The van der Waals surface area contributed by atoms with Gasteiger partial charge in [0, 0.05) is 10.8 Å². The van der Waals surface area contributed by atoms with Crippen LogP contribution in [-0.2, 0) is 0 Å². The molecule has 4 aromatic rings. The molecule has 0 bridgehead atoms. The quantitative estimate of drug-likeness (QED) is 0.425. The summed E-state index contributed by atoms with van der Waals surface area (Å²) in [5.41, 5.74) is 5.66. The van der Waals surface area contributed by atoms with Crippen molar-refractivity contribution in [1.82, 2.24) is 4.98 Å². The van der Waals surface area contributed by atoms with E-state index in [0.717, 1.165) is 33.1 Å². The van der Waals surface area contributed by atoms with E-state index in [1.165, 1.54) is 11.3 Å². The van der Waals surface area contributed by atoms with Crippen LogP contribution in [0.2, 0.25) is 0 Å². The van der Waals surface area contributed by atoms with Crippen LogP contribution in [0, 0.1) is 0 Å². The van der Waals surface area contributed by atoms with E-state index in [-0.39, 0.29) is 0 Å². The number of nitrogens with zero attached hydrogens (tertiary/aromatic N) is 2. The molecule has 2 aromatic carbocycles. The van der Waals surface area contributed by atoms with Crippen molar-refractivity contribution >= 4 is 33.7 Å². The number of rotatable bonds is 4. The predicted molar refractivity (Wildman–Crippen MR) is 95.0 cm³/mol. The number of thiazole rings is 1. The van der Waals surface area contributed by atoms with Crippen molar-refractivity contribution in [2.24, 2.45) is 5.10 Å². The van der Waals surface area contributed by atoms with Crippen molar-refractivity contribution in [3.8, 4) is 11.5 Å². The molecular formula is C18H13N3OS. The lowest BCUT2D eigenvalue weighted by Crippen LogP contribution is -1.89. The fourth-order valence-electron chi connectivity index (χ4n) is 2.25. The molecule has 0 radical (unpaired) electrons. The fraction of sp³-hybridized carbons (Fsp3) is 0. The Morgan fingerprint density at radius 2 is 1.87 bits per heavy atom. The van der Waals surface area contributed by atoms with Gasteiger partial charge in [-0.15, -0.1) is 11.3 Å². The van der Waals surface area contributed by atoms with Gasteiger partial charge in [-0.3, -0.25) is 5.43 Å². The van der Waals surface area contributed by atoms with Gasteiger partial charge in [-0.25, -0.2) is 4.98 Å². The number of hydrazone groups is 1. The van der Waals surface area contributed by atoms with Gasteiger partial charge in [-0.2, -0.15) is 5.10 Å². The minimum atomic E-state index is 0.729. The molecule has 0 aliphatic rings. The molecular weight excluding hydrogens is 306 g/mol. The molecule has 0 amide bonds. The van der Waals surface area contributed by atoms with Crippen LogP contribution in [0.15, 0.2) is 75.6 Å². The van der Waals surface area contributed by atoms with Crippen LogP contribution in [0.25, 0.3) is 22.4 Å². The lowest BCUT2D eigenvalue weighted by molar-refractivity contribution is 0.629. The van der Waals surface area contributed by atoms with Gasteiger partial charge >= 0.3 is 0 Å². The van der Waals surface area contributed by atoms with Gasteiger partial charge in [0.15, 0.2) is 5.76 Å². The summed E-state index contributed by atoms with van der Waals surface area (Å²) in [5, 5.41) is 7.97. The molecule has 0 unspecified atom stereocenters. The Labute approximate surface area is 137 Å². The van der Waals surface area contributed by atoms with Gasteiger partial charge in [0.25, 0.3) is 0 Å². The number of furan rings is 1. The first-order valence-electron chi connectivity index (χ1n) is 7.17. The van der Waals surface area contributed by atoms with E-state index in [1.807, 2.05) is 66.0 Å². The normalized spacial score (nSPS) is 11.3. The van der Waals surface area contributed by atoms with Gasteiger partial charge in [-0.05, 0) is 17.7 Å². The summed E-state index contributed by atoms with van der Waals surface area (Å²) in [6, 6.07) is 19.9. The summed E-state index contributed by atoms with van der Waals surface area (Å²) < 4.78 is 5.82. The topological polar surface area (TPSA) is 50.4 Å². The largest absolute Gasteiger partial charge is 0.454 e. The molecule has 23 heavy (non-hydrogen) atoms. The van der Waals surface area contributed by atoms with Crippen molar-refractivity contribution in [2.45, 2.75) is 0 Å². The second-order valence-corrected chi connectivity index (χ2v) is 5.83. The Kier molecular flexibility index (Phi) is 3.62. The highest BCUT2D eigenvalue weighted by Crippen LogP contribution is 2.30. The van der Waals surface area contributed by atoms with Crippen LogP contribution in [-0.4, -0.2) is 11.2 Å². The van der Waals surface area contributed by atoms with Crippen LogP contribution in [0.1, 0.15) is 5.56 Å². The average molecular weight is 319 g/mol. The molecule has 0 spiro atoms. The van der Waals surface area contributed by atoms with E-state index in [1.54, 1.807) is 6.21 Å². The number of hydrogen-bond acceptors (Lipinski definition) is 5. The van der Waals surface area contributed by atoms with Gasteiger partial charge in [0.1, 0.15) is 11.3 Å². The van der Waals surface area contributed by atoms with Gasteiger partial charge < -0.3 is 4.42 Å². The molecule has 5 heteroatoms. The zero-order chi connectivity index (χ0) is 15.5. The van der Waals surface area contributed by atoms with Crippen molar-refractivity contribution in [3.63, 3.8) is 0 Å². The summed E-state index contributed by atoms with van der Waals surface area (Å²) in [7, 11) is 0. The van der Waals surface area contributed by atoms with Crippen molar-refractivity contribution in [1.29, 1.82) is 0 Å². The molecule has 2 heterocycles. The van der Waals surface area contributed by atoms with E-state index in [2.05, 4.69) is 15.5 Å². The highest BCUT2D eigenvalue weighted by atomic mass is 32.1. The smallest absolute Gasteiger partial charge is 0.203 e. The average Bonchev–Trinajstić information content (AvgIpc) is 3.22. The lowest BCUT2D eigenvalue weighted by Gasteiger charge is -1.93. The maximum atomic E-state index is 5.82. The fourth-order valence-corrected chi connectivity index (χ4v) is 2.90. The maximum Gasteiger partial charge on any atom is 0.203 e. The van der Waals surface area contributed by atoms with Crippen molar-refractivity contribution < 1.29 is 4.42 Å². The minimum Gasteiger partial charge on any atom is -0.454 e. The summed E-state index contributed by atoms with van der Waals surface area (Å²) >= 11 is 1.49. The van der Waals surface area contributed by atoms with Crippen LogP contribution < -0.4 is 5.43 Å². The third-order valence-corrected chi connectivity index (χ3v) is 4.10. The van der Waals surface area contributed by atoms with Crippen LogP contribution in [0.3, 0.4) is 0 Å². The monoisotopic (exact) mass is 319 g/mol. The van der Waals surface area contributed by atoms with Crippen molar-refractivity contribution in [3.05, 3.63) is 71.6 Å². The highest BCUT2D eigenvalue weighted by Gasteiger charge is 2.09. The number of hydrogen-bond donors (Lipinski definition) is 1. The first kappa shape index (κ1) is 13.7. The van der Waals surface area contributed by atoms with Gasteiger partial charge in [0.05, 0.1) is 6.21 Å². The van der Waals surface area contributed by atoms with E-state index in [4.69, 9.17) is 4.42 Å². The Balaban J connectivity index is 1.51. The Hall–Kier alpha value is -2.92. The van der Waals surface area contributed by atoms with Crippen LogP contribution in [0.5, 0.6) is 0 Å². The number of fused-ring (bicyclic) bond motifs is 1. The van der Waals surface area contributed by atoms with Crippen LogP contribution >= 0.6 is 11.3 Å². The number of aromatic nitrogens is 1. The van der Waals surface area contributed by atoms with E-state index in [0.29, 0.717) is 0 Å². The third kappa shape index (κ3) is 3.00. The molecule has 0 fully saturated rings. The summed E-state index contributed by atoms with van der Waals surface area (Å²) in [6.45, 7) is 0. The van der Waals surface area contributed by atoms with Gasteiger partial charge in [0.2, 0.25) is 5.13 Å². The molecule has 4 rings (SSSR count). The molecule has 2 aromatic heterocycles. The number of nitrogens with one attached hydrogen (secondary N) is 1. The third-order valence-electron chi connectivity index (χ3n) is 3.36. The lowest BCUT2D eigenvalue weighted by atomic mass is 10.2. The number of benzene rings is 2. The molecule has 0 saturated heterocycles. The molecule has 0 saturated carbocycles. The Morgan fingerprint density at radius 3 is 2.74 bits per heavy atom. The number of anilines is 1. The Morgan fingerprint density at radius 1 is 1.04 bits per heavy atom. The molecule has 0 aliphatic heterocycles. The van der Waals surface area contributed by atoms with E-state index >= 15 is 0 Å². The second kappa shape index (κ2) is 6.06. The molecule has 0 aliphatic carbocycles. The molecule has 1 N–H and O–H groups in total. The summed E-state index contributed by atoms with van der Waals surface area (Å²) in [4.78, 5) is 4.51. The Bertz CT molecular complexity index is 923. The van der Waals surface area contributed by atoms with Gasteiger partial charge in [-0.1, -0.05) is 48.5 Å². The van der Waals surface area contributed by atoms with Crippen LogP contribution in [0.4, 0.5) is 5.13 Å². The SMILES string of the molecule is C(=N\Nc1nc(-c2cc3ccccc3o2)cs1)/c1ccccc1.